The van der Waals surface area contributed by atoms with E-state index in [1.165, 1.54) is 6.08 Å². The molecule has 0 aromatic carbocycles. The second-order valence-electron chi connectivity index (χ2n) is 13.9. The number of hydrogen-bond acceptors (Lipinski definition) is 16. The maximum absolute atomic E-state index is 13.0. The number of amides is 2. The highest BCUT2D eigenvalue weighted by atomic mass is 16.8. The van der Waals surface area contributed by atoms with E-state index in [4.69, 9.17) is 18.9 Å². The first-order chi connectivity index (χ1) is 25.7. The Morgan fingerprint density at radius 2 is 1.48 bits per heavy atom. The van der Waals surface area contributed by atoms with Crippen LogP contribution in [-0.4, -0.2) is 155 Å². The van der Waals surface area contributed by atoms with Crippen LogP contribution in [0.1, 0.15) is 71.4 Å². The summed E-state index contributed by atoms with van der Waals surface area (Å²) in [5.74, 6) is -1.36. The molecule has 0 bridgehead atoms. The van der Waals surface area contributed by atoms with Gasteiger partial charge in [-0.15, -0.1) is 0 Å². The smallest absolute Gasteiger partial charge is 0.330 e. The van der Waals surface area contributed by atoms with E-state index in [1.54, 1.807) is 6.08 Å². The summed E-state index contributed by atoms with van der Waals surface area (Å²) < 4.78 is 24.0. The second-order valence-corrected chi connectivity index (χ2v) is 13.9. The average molecular weight is 775 g/mol. The quantitative estimate of drug-likeness (QED) is 0.0533. The number of carbonyl (C=O) groups excluding carboxylic acids is 2. The van der Waals surface area contributed by atoms with Gasteiger partial charge in [-0.25, -0.2) is 4.79 Å². The lowest BCUT2D eigenvalue weighted by Gasteiger charge is -2.47. The molecule has 2 amide bonds. The molecule has 0 spiro atoms. The topological polar surface area (TPSA) is 312 Å². The van der Waals surface area contributed by atoms with Gasteiger partial charge in [0.1, 0.15) is 60.9 Å². The van der Waals surface area contributed by atoms with Crippen LogP contribution >= 0.6 is 0 Å². The molecule has 4 rings (SSSR count). The standard InChI is InChI=1S/C34H54N4O16/c1-3-4-5-6-7-8-9-10-11-20(42)36-23-27(47)24(44)18(51-33(23)54-32-22(35-16(2)40)26(46)25(45)19(15-39)52-32)14-17(41)30-28(48)29(49)31(53-30)38-13-12-21(43)37-34(38)50/h10-13,17-19,22-33,39,41,44-49H,3-9,14-15H2,1-2H3,(H,35,40)(H,36,42)(H,37,43,50). The van der Waals surface area contributed by atoms with Crippen LogP contribution in [0.15, 0.2) is 34.0 Å². The Balaban J connectivity index is 1.53. The summed E-state index contributed by atoms with van der Waals surface area (Å²) >= 11 is 0. The Bertz CT molecular complexity index is 1510. The zero-order chi connectivity index (χ0) is 39.7. The van der Waals surface area contributed by atoms with Crippen molar-refractivity contribution in [3.05, 3.63) is 45.3 Å². The molecular formula is C34H54N4O16. The Hall–Kier alpha value is -3.12. The van der Waals surface area contributed by atoms with Crippen molar-refractivity contribution in [1.29, 1.82) is 0 Å². The van der Waals surface area contributed by atoms with Crippen molar-refractivity contribution in [3.8, 4) is 0 Å². The van der Waals surface area contributed by atoms with Crippen LogP contribution in [0.5, 0.6) is 0 Å². The molecule has 20 nitrogen and oxygen atoms in total. The highest BCUT2D eigenvalue weighted by Gasteiger charge is 2.53. The van der Waals surface area contributed by atoms with Crippen LogP contribution in [0.2, 0.25) is 0 Å². The number of nitrogens with zero attached hydrogens (tertiary/aromatic N) is 1. The maximum atomic E-state index is 13.0. The van der Waals surface area contributed by atoms with Crippen molar-refractivity contribution in [2.75, 3.05) is 6.61 Å². The minimum absolute atomic E-state index is 0.597. The van der Waals surface area contributed by atoms with E-state index in [2.05, 4.69) is 17.6 Å². The molecule has 11 N–H and O–H groups in total. The normalized spacial score (nSPS) is 36.3. The predicted octanol–water partition coefficient (Wildman–Crippen LogP) is -3.89. The van der Waals surface area contributed by atoms with E-state index in [1.807, 2.05) is 4.98 Å². The van der Waals surface area contributed by atoms with Crippen LogP contribution in [0.4, 0.5) is 0 Å². The molecule has 0 saturated carbocycles. The SMILES string of the molecule is CCCCCCCCC=CC(=O)NC1C(OC2OC(CO)C(O)C(O)C2NC(C)=O)OC(CC(O)C2OC(n3ccc(=O)[nH]c3=O)C(O)C2O)C(O)C1O. The zero-order valence-electron chi connectivity index (χ0n) is 30.1. The first-order valence-electron chi connectivity index (χ1n) is 18.2. The van der Waals surface area contributed by atoms with Crippen molar-refractivity contribution in [2.45, 2.75) is 157 Å². The highest BCUT2D eigenvalue weighted by molar-refractivity contribution is 5.87. The first-order valence-corrected chi connectivity index (χ1v) is 18.2. The lowest BCUT2D eigenvalue weighted by atomic mass is 9.91. The minimum atomic E-state index is -1.85. The summed E-state index contributed by atoms with van der Waals surface area (Å²) in [4.78, 5) is 50.9. The lowest BCUT2D eigenvalue weighted by Crippen LogP contribution is -2.68. The number of aromatic nitrogens is 2. The van der Waals surface area contributed by atoms with Gasteiger partial charge in [-0.2, -0.15) is 0 Å². The number of nitrogens with one attached hydrogen (secondary N) is 3. The summed E-state index contributed by atoms with van der Waals surface area (Å²) in [5, 5.41) is 91.0. The van der Waals surface area contributed by atoms with E-state index >= 15 is 0 Å². The Morgan fingerprint density at radius 3 is 2.11 bits per heavy atom. The number of hydrogen-bond donors (Lipinski definition) is 11. The van der Waals surface area contributed by atoms with Crippen molar-refractivity contribution >= 4 is 11.8 Å². The largest absolute Gasteiger partial charge is 0.394 e. The van der Waals surface area contributed by atoms with Gasteiger partial charge >= 0.3 is 5.69 Å². The molecular weight excluding hydrogens is 720 g/mol. The molecule has 15 unspecified atom stereocenters. The van der Waals surface area contributed by atoms with Gasteiger partial charge in [0.25, 0.3) is 5.56 Å². The van der Waals surface area contributed by atoms with Gasteiger partial charge in [0.15, 0.2) is 18.8 Å². The molecule has 3 aliphatic rings. The Morgan fingerprint density at radius 1 is 0.870 bits per heavy atom. The first kappa shape index (κ1) is 43.6. The summed E-state index contributed by atoms with van der Waals surface area (Å²) in [6, 6.07) is -2.01. The van der Waals surface area contributed by atoms with Gasteiger partial charge in [0, 0.05) is 25.6 Å². The average Bonchev–Trinajstić information content (AvgIpc) is 3.42. The molecule has 54 heavy (non-hydrogen) atoms. The van der Waals surface area contributed by atoms with E-state index in [0.717, 1.165) is 62.3 Å². The number of carbonyl (C=O) groups is 2. The van der Waals surface area contributed by atoms with Crippen LogP contribution in [0, 0.1) is 0 Å². The van der Waals surface area contributed by atoms with E-state index in [9.17, 15) is 60.0 Å². The number of H-pyrrole nitrogens is 1. The number of aliphatic hydroxyl groups excluding tert-OH is 8. The Labute approximate surface area is 310 Å². The zero-order valence-corrected chi connectivity index (χ0v) is 30.1. The van der Waals surface area contributed by atoms with E-state index in [0.29, 0.717) is 6.42 Å². The van der Waals surface area contributed by atoms with Crippen LogP contribution < -0.4 is 21.9 Å². The van der Waals surface area contributed by atoms with Crippen LogP contribution in [0.3, 0.4) is 0 Å². The van der Waals surface area contributed by atoms with Gasteiger partial charge in [0.05, 0.1) is 18.8 Å². The number of unbranched alkanes of at least 4 members (excludes halogenated alkanes) is 6. The third-order valence-corrected chi connectivity index (χ3v) is 9.78. The molecule has 1 aromatic heterocycles. The summed E-state index contributed by atoms with van der Waals surface area (Å²) in [6.07, 6.45) is -11.6. The number of ether oxygens (including phenoxy) is 4. The van der Waals surface area contributed by atoms with Gasteiger partial charge < -0.3 is 70.4 Å². The van der Waals surface area contributed by atoms with E-state index < -0.39 is 128 Å². The van der Waals surface area contributed by atoms with Crippen molar-refractivity contribution < 1.29 is 69.4 Å². The summed E-state index contributed by atoms with van der Waals surface area (Å²) in [5.41, 5.74) is -1.69. The fourth-order valence-electron chi connectivity index (χ4n) is 6.79. The molecule has 1 aromatic rings. The lowest BCUT2D eigenvalue weighted by molar-refractivity contribution is -0.346. The third kappa shape index (κ3) is 10.8. The number of aromatic amines is 1. The summed E-state index contributed by atoms with van der Waals surface area (Å²) in [6.45, 7) is 2.47. The molecule has 20 heteroatoms. The van der Waals surface area contributed by atoms with Gasteiger partial charge in [0.2, 0.25) is 11.8 Å². The van der Waals surface area contributed by atoms with E-state index in [-0.39, 0.29) is 0 Å². The van der Waals surface area contributed by atoms with Crippen molar-refractivity contribution in [3.63, 3.8) is 0 Å². The number of aliphatic hydroxyl groups is 8. The molecule has 15 atom stereocenters. The fraction of sp³-hybridized carbons (Fsp3) is 0.765. The molecule has 306 valence electrons. The second kappa shape index (κ2) is 20.2. The van der Waals surface area contributed by atoms with Crippen molar-refractivity contribution in [1.82, 2.24) is 20.2 Å². The predicted molar refractivity (Wildman–Crippen MR) is 184 cm³/mol. The number of rotatable bonds is 17. The fourth-order valence-corrected chi connectivity index (χ4v) is 6.79. The molecule has 0 aliphatic carbocycles. The van der Waals surface area contributed by atoms with Crippen LogP contribution in [0.25, 0.3) is 0 Å². The van der Waals surface area contributed by atoms with Gasteiger partial charge in [-0.05, 0) is 18.9 Å². The van der Waals surface area contributed by atoms with Crippen LogP contribution in [-0.2, 0) is 28.5 Å². The molecule has 4 heterocycles. The summed E-state index contributed by atoms with van der Waals surface area (Å²) in [7, 11) is 0. The highest BCUT2D eigenvalue weighted by Crippen LogP contribution is 2.34. The minimum Gasteiger partial charge on any atom is -0.394 e. The third-order valence-electron chi connectivity index (χ3n) is 9.78. The van der Waals surface area contributed by atoms with Gasteiger partial charge in [-0.1, -0.05) is 45.1 Å². The van der Waals surface area contributed by atoms with Gasteiger partial charge in [-0.3, -0.25) is 23.9 Å². The molecule has 0 radical (unpaired) electrons. The van der Waals surface area contributed by atoms with Crippen molar-refractivity contribution in [2.24, 2.45) is 0 Å². The molecule has 3 saturated heterocycles. The maximum Gasteiger partial charge on any atom is 0.330 e. The molecule has 3 aliphatic heterocycles. The Kier molecular flexibility index (Phi) is 16.3. The monoisotopic (exact) mass is 774 g/mol. The number of allylic oxidation sites excluding steroid dienone is 1. The molecule has 3 fully saturated rings.